The quantitative estimate of drug-likeness (QED) is 0.678. The summed E-state index contributed by atoms with van der Waals surface area (Å²) >= 11 is 0. The van der Waals surface area contributed by atoms with E-state index in [0.717, 1.165) is 19.2 Å². The van der Waals surface area contributed by atoms with Gasteiger partial charge in [-0.1, -0.05) is 0 Å². The minimum atomic E-state index is -1.64. The minimum absolute atomic E-state index is 0.233. The number of halogens is 2. The van der Waals surface area contributed by atoms with E-state index >= 15 is 0 Å². The zero-order valence-corrected chi connectivity index (χ0v) is 10.1. The normalized spacial score (nSPS) is 14.0. The van der Waals surface area contributed by atoms with Crippen LogP contribution in [0.4, 0.5) is 8.78 Å². The number of carbonyl (C=O) groups excluding carboxylic acids is 1. The summed E-state index contributed by atoms with van der Waals surface area (Å²) in [6.45, 7) is -0.821. The second kappa shape index (κ2) is 6.55. The number of ether oxygens (including phenoxy) is 1. The number of hydrogen-bond donors (Lipinski definition) is 3. The summed E-state index contributed by atoms with van der Waals surface area (Å²) in [5, 5.41) is 28.0. The summed E-state index contributed by atoms with van der Waals surface area (Å²) in [6.07, 6.45) is -3.70. The largest absolute Gasteiger partial charge is 0.469 e. The summed E-state index contributed by atoms with van der Waals surface area (Å²) in [5.41, 5.74) is -0.762. The van der Waals surface area contributed by atoms with E-state index in [4.69, 9.17) is 5.11 Å². The maximum Gasteiger partial charge on any atom is 0.308 e. The Bertz CT molecular complexity index is 440. The molecule has 0 bridgehead atoms. The molecular weight excluding hydrogens is 262 g/mol. The second-order valence-corrected chi connectivity index (χ2v) is 3.91. The first-order valence-electron chi connectivity index (χ1n) is 5.42. The van der Waals surface area contributed by atoms with Crippen molar-refractivity contribution in [2.75, 3.05) is 7.11 Å². The SMILES string of the molecule is COC(=O)CC(O)C(O)c1cc(F)c(CO)c(F)c1. The van der Waals surface area contributed by atoms with Gasteiger partial charge in [-0.3, -0.25) is 4.79 Å². The van der Waals surface area contributed by atoms with E-state index in [0.29, 0.717) is 0 Å². The molecule has 0 heterocycles. The van der Waals surface area contributed by atoms with Crippen LogP contribution >= 0.6 is 0 Å². The summed E-state index contributed by atoms with van der Waals surface area (Å²) in [4.78, 5) is 10.9. The molecule has 0 aliphatic carbocycles. The fraction of sp³-hybridized carbons (Fsp3) is 0.417. The topological polar surface area (TPSA) is 87.0 Å². The van der Waals surface area contributed by atoms with Crippen LogP contribution in [0.5, 0.6) is 0 Å². The van der Waals surface area contributed by atoms with Crippen LogP contribution in [0.3, 0.4) is 0 Å². The molecule has 106 valence electrons. The van der Waals surface area contributed by atoms with Gasteiger partial charge >= 0.3 is 5.97 Å². The Kier molecular flexibility index (Phi) is 5.34. The number of rotatable bonds is 5. The minimum Gasteiger partial charge on any atom is -0.469 e. The Morgan fingerprint density at radius 1 is 1.32 bits per heavy atom. The van der Waals surface area contributed by atoms with E-state index in [-0.39, 0.29) is 5.56 Å². The van der Waals surface area contributed by atoms with Gasteiger partial charge in [-0.05, 0) is 17.7 Å². The Morgan fingerprint density at radius 3 is 2.26 bits per heavy atom. The highest BCUT2D eigenvalue weighted by Gasteiger charge is 2.24. The molecule has 1 rings (SSSR count). The van der Waals surface area contributed by atoms with Crippen molar-refractivity contribution in [1.82, 2.24) is 0 Å². The number of aliphatic hydroxyl groups excluding tert-OH is 3. The van der Waals surface area contributed by atoms with Crippen molar-refractivity contribution in [3.63, 3.8) is 0 Å². The molecule has 5 nitrogen and oxygen atoms in total. The molecule has 0 saturated heterocycles. The van der Waals surface area contributed by atoms with E-state index in [9.17, 15) is 23.8 Å². The molecule has 2 unspecified atom stereocenters. The van der Waals surface area contributed by atoms with Crippen molar-refractivity contribution in [2.45, 2.75) is 25.2 Å². The smallest absolute Gasteiger partial charge is 0.308 e. The molecule has 0 amide bonds. The first-order chi connectivity index (χ1) is 8.90. The van der Waals surface area contributed by atoms with E-state index in [2.05, 4.69) is 4.74 Å². The van der Waals surface area contributed by atoms with E-state index in [1.54, 1.807) is 0 Å². The average molecular weight is 276 g/mol. The fourth-order valence-corrected chi connectivity index (χ4v) is 1.53. The van der Waals surface area contributed by atoms with Gasteiger partial charge in [-0.25, -0.2) is 8.78 Å². The van der Waals surface area contributed by atoms with Gasteiger partial charge in [-0.15, -0.1) is 0 Å². The van der Waals surface area contributed by atoms with Gasteiger partial charge in [0.2, 0.25) is 0 Å². The van der Waals surface area contributed by atoms with Crippen LogP contribution in [0.15, 0.2) is 12.1 Å². The fourth-order valence-electron chi connectivity index (χ4n) is 1.53. The van der Waals surface area contributed by atoms with Crippen LogP contribution in [0.2, 0.25) is 0 Å². The predicted molar refractivity (Wildman–Crippen MR) is 59.9 cm³/mol. The van der Waals surface area contributed by atoms with Gasteiger partial charge in [0, 0.05) is 5.56 Å². The van der Waals surface area contributed by atoms with Crippen LogP contribution in [0, 0.1) is 11.6 Å². The summed E-state index contributed by atoms with van der Waals surface area (Å²) < 4.78 is 31.1. The lowest BCUT2D eigenvalue weighted by atomic mass is 10.00. The van der Waals surface area contributed by atoms with Crippen molar-refractivity contribution in [3.05, 3.63) is 34.9 Å². The van der Waals surface area contributed by atoms with Gasteiger partial charge in [0.15, 0.2) is 0 Å². The number of benzene rings is 1. The van der Waals surface area contributed by atoms with Crippen molar-refractivity contribution >= 4 is 5.97 Å². The van der Waals surface area contributed by atoms with Gasteiger partial charge in [-0.2, -0.15) is 0 Å². The van der Waals surface area contributed by atoms with E-state index in [1.807, 2.05) is 0 Å². The Labute approximate surface area is 108 Å². The van der Waals surface area contributed by atoms with Crippen LogP contribution in [0.1, 0.15) is 23.7 Å². The lowest BCUT2D eigenvalue weighted by molar-refractivity contribution is -0.144. The monoisotopic (exact) mass is 276 g/mol. The number of hydrogen-bond acceptors (Lipinski definition) is 5. The van der Waals surface area contributed by atoms with Crippen molar-refractivity contribution in [1.29, 1.82) is 0 Å². The van der Waals surface area contributed by atoms with E-state index < -0.39 is 48.4 Å². The number of carbonyl (C=O) groups is 1. The third-order valence-electron chi connectivity index (χ3n) is 2.63. The molecule has 19 heavy (non-hydrogen) atoms. The molecule has 0 aliphatic rings. The zero-order valence-electron chi connectivity index (χ0n) is 10.1. The molecule has 1 aromatic rings. The highest BCUT2D eigenvalue weighted by Crippen LogP contribution is 2.24. The lowest BCUT2D eigenvalue weighted by Crippen LogP contribution is -2.23. The summed E-state index contributed by atoms with van der Waals surface area (Å²) in [7, 11) is 1.11. The van der Waals surface area contributed by atoms with Crippen molar-refractivity contribution in [3.8, 4) is 0 Å². The van der Waals surface area contributed by atoms with E-state index in [1.165, 1.54) is 0 Å². The van der Waals surface area contributed by atoms with Gasteiger partial charge < -0.3 is 20.1 Å². The molecule has 0 aromatic heterocycles. The molecule has 7 heteroatoms. The molecule has 0 spiro atoms. The zero-order chi connectivity index (χ0) is 14.6. The molecule has 2 atom stereocenters. The number of aliphatic hydroxyl groups is 3. The number of esters is 1. The maximum atomic E-state index is 13.4. The van der Waals surface area contributed by atoms with Crippen molar-refractivity contribution in [2.24, 2.45) is 0 Å². The molecule has 0 aliphatic heterocycles. The molecular formula is C12H14F2O5. The average Bonchev–Trinajstić information content (AvgIpc) is 2.37. The highest BCUT2D eigenvalue weighted by atomic mass is 19.1. The van der Waals surface area contributed by atoms with Crippen molar-refractivity contribution < 1.29 is 33.6 Å². The Hall–Kier alpha value is -1.57. The molecule has 0 radical (unpaired) electrons. The number of methoxy groups -OCH3 is 1. The lowest BCUT2D eigenvalue weighted by Gasteiger charge is -2.18. The van der Waals surface area contributed by atoms with Gasteiger partial charge in [0.25, 0.3) is 0 Å². The van der Waals surface area contributed by atoms with Crippen LogP contribution in [0.25, 0.3) is 0 Å². The van der Waals surface area contributed by atoms with Crippen LogP contribution < -0.4 is 0 Å². The van der Waals surface area contributed by atoms with Crippen LogP contribution in [-0.2, 0) is 16.1 Å². The van der Waals surface area contributed by atoms with Gasteiger partial charge in [0.1, 0.15) is 17.7 Å². The first-order valence-corrected chi connectivity index (χ1v) is 5.42. The summed E-state index contributed by atoms with van der Waals surface area (Å²) in [6, 6.07) is 1.58. The first kappa shape index (κ1) is 15.5. The standard InChI is InChI=1S/C12H14F2O5/c1-19-11(17)4-10(16)12(18)6-2-8(13)7(5-15)9(14)3-6/h2-3,10,12,15-16,18H,4-5H2,1H3. The Morgan fingerprint density at radius 2 is 1.84 bits per heavy atom. The maximum absolute atomic E-state index is 13.4. The molecule has 0 fully saturated rings. The molecule has 0 saturated carbocycles. The summed E-state index contributed by atoms with van der Waals surface area (Å²) in [5.74, 6) is -2.84. The molecule has 1 aromatic carbocycles. The molecule has 3 N–H and O–H groups in total. The predicted octanol–water partition coefficient (Wildman–Crippen LogP) is 0.415. The third kappa shape index (κ3) is 3.69. The Balaban J connectivity index is 2.94. The third-order valence-corrected chi connectivity index (χ3v) is 2.63. The highest BCUT2D eigenvalue weighted by molar-refractivity contribution is 5.69. The second-order valence-electron chi connectivity index (χ2n) is 3.91. The van der Waals surface area contributed by atoms with Crippen LogP contribution in [-0.4, -0.2) is 34.5 Å². The van der Waals surface area contributed by atoms with Gasteiger partial charge in [0.05, 0.1) is 26.2 Å².